The predicted octanol–water partition coefficient (Wildman–Crippen LogP) is 3.87. The maximum atomic E-state index is 13.0. The maximum absolute atomic E-state index is 13.0. The molecule has 0 atom stereocenters. The second-order valence-electron chi connectivity index (χ2n) is 5.36. The van der Waals surface area contributed by atoms with Gasteiger partial charge in [-0.3, -0.25) is 9.59 Å². The number of hydrogen-bond donors (Lipinski definition) is 1. The number of amides is 1. The van der Waals surface area contributed by atoms with Crippen LogP contribution in [0, 0.1) is 0 Å². The fourth-order valence-corrected chi connectivity index (χ4v) is 2.71. The van der Waals surface area contributed by atoms with Gasteiger partial charge in [0.15, 0.2) is 0 Å². The molecule has 0 aliphatic heterocycles. The summed E-state index contributed by atoms with van der Waals surface area (Å²) in [5.41, 5.74) is 0.785. The molecule has 1 N–H and O–H groups in total. The lowest BCUT2D eigenvalue weighted by Gasteiger charge is -2.11. The van der Waals surface area contributed by atoms with Crippen LogP contribution in [-0.2, 0) is 0 Å². The number of fused-ring (bicyclic) bond motifs is 1. The Hall–Kier alpha value is -2.79. The topological polar surface area (TPSA) is 68.5 Å². The minimum absolute atomic E-state index is 0.0325. The van der Waals surface area contributed by atoms with E-state index in [1.165, 1.54) is 7.11 Å². The van der Waals surface area contributed by atoms with E-state index in [-0.39, 0.29) is 16.8 Å². The van der Waals surface area contributed by atoms with Crippen molar-refractivity contribution in [2.75, 3.05) is 13.7 Å². The molecule has 6 heteroatoms. The first-order chi connectivity index (χ1) is 12.0. The predicted molar refractivity (Wildman–Crippen MR) is 97.5 cm³/mol. The number of rotatable bonds is 4. The number of ether oxygens (including phenoxy) is 1. The minimum Gasteiger partial charge on any atom is -0.497 e. The normalized spacial score (nSPS) is 10.7. The molecular weight excluding hydrogens is 342 g/mol. The first-order valence-corrected chi connectivity index (χ1v) is 8.12. The first kappa shape index (κ1) is 17.0. The van der Waals surface area contributed by atoms with Crippen molar-refractivity contribution in [3.63, 3.8) is 0 Å². The highest BCUT2D eigenvalue weighted by Crippen LogP contribution is 2.27. The highest BCUT2D eigenvalue weighted by molar-refractivity contribution is 6.30. The van der Waals surface area contributed by atoms with Crippen LogP contribution in [0.5, 0.6) is 5.75 Å². The quantitative estimate of drug-likeness (QED) is 0.769. The van der Waals surface area contributed by atoms with Crippen LogP contribution in [0.25, 0.3) is 22.1 Å². The van der Waals surface area contributed by atoms with Gasteiger partial charge < -0.3 is 14.5 Å². The molecule has 25 heavy (non-hydrogen) atoms. The summed E-state index contributed by atoms with van der Waals surface area (Å²) >= 11 is 5.92. The first-order valence-electron chi connectivity index (χ1n) is 7.74. The van der Waals surface area contributed by atoms with Gasteiger partial charge in [0.25, 0.3) is 5.91 Å². The molecule has 128 valence electrons. The Labute approximate surface area is 149 Å². The monoisotopic (exact) mass is 357 g/mol. The number of halogens is 1. The molecule has 0 bridgehead atoms. The van der Waals surface area contributed by atoms with Gasteiger partial charge in [-0.15, -0.1) is 0 Å². The molecule has 2 aromatic carbocycles. The number of methoxy groups -OCH3 is 1. The van der Waals surface area contributed by atoms with E-state index in [2.05, 4.69) is 5.32 Å². The highest BCUT2D eigenvalue weighted by atomic mass is 35.5. The van der Waals surface area contributed by atoms with Crippen molar-refractivity contribution in [3.8, 4) is 16.9 Å². The zero-order valence-corrected chi connectivity index (χ0v) is 14.5. The molecule has 0 spiro atoms. The standard InChI is InChI=1S/C19H16ClNO4/c1-3-21-19(23)18-16(11-4-6-12(20)7-5-11)17(22)14-9-8-13(24-2)10-15(14)25-18/h4-10H,3H2,1-2H3,(H,21,23). The van der Waals surface area contributed by atoms with Crippen molar-refractivity contribution in [2.24, 2.45) is 0 Å². The zero-order chi connectivity index (χ0) is 18.0. The van der Waals surface area contributed by atoms with Crippen LogP contribution in [0.15, 0.2) is 51.7 Å². The van der Waals surface area contributed by atoms with E-state index in [0.717, 1.165) is 0 Å². The highest BCUT2D eigenvalue weighted by Gasteiger charge is 2.21. The molecule has 3 rings (SSSR count). The molecule has 0 unspecified atom stereocenters. The number of benzene rings is 2. The molecule has 0 aliphatic carbocycles. The summed E-state index contributed by atoms with van der Waals surface area (Å²) < 4.78 is 11.0. The second kappa shape index (κ2) is 6.99. The summed E-state index contributed by atoms with van der Waals surface area (Å²) in [5, 5.41) is 3.59. The molecule has 3 aromatic rings. The van der Waals surface area contributed by atoms with E-state index < -0.39 is 5.91 Å². The van der Waals surface area contributed by atoms with Crippen molar-refractivity contribution in [1.29, 1.82) is 0 Å². The van der Waals surface area contributed by atoms with E-state index in [1.807, 2.05) is 0 Å². The Balaban J connectivity index is 2.34. The van der Waals surface area contributed by atoms with E-state index in [0.29, 0.717) is 33.8 Å². The van der Waals surface area contributed by atoms with Crippen LogP contribution in [0.3, 0.4) is 0 Å². The summed E-state index contributed by atoms with van der Waals surface area (Å²) in [6.45, 7) is 2.21. The van der Waals surface area contributed by atoms with Crippen molar-refractivity contribution in [1.82, 2.24) is 5.32 Å². The van der Waals surface area contributed by atoms with Crippen molar-refractivity contribution in [2.45, 2.75) is 6.92 Å². The van der Waals surface area contributed by atoms with Gasteiger partial charge in [-0.05, 0) is 36.8 Å². The summed E-state index contributed by atoms with van der Waals surface area (Å²) in [6, 6.07) is 11.6. The molecule has 1 amide bonds. The molecular formula is C19H16ClNO4. The number of nitrogens with one attached hydrogen (secondary N) is 1. The third-order valence-corrected chi connectivity index (χ3v) is 4.03. The van der Waals surface area contributed by atoms with E-state index in [1.54, 1.807) is 49.4 Å². The van der Waals surface area contributed by atoms with Crippen molar-refractivity contribution < 1.29 is 13.9 Å². The second-order valence-corrected chi connectivity index (χ2v) is 5.80. The number of hydrogen-bond acceptors (Lipinski definition) is 4. The SMILES string of the molecule is CCNC(=O)c1oc2cc(OC)ccc2c(=O)c1-c1ccc(Cl)cc1. The van der Waals surface area contributed by atoms with Gasteiger partial charge in [-0.1, -0.05) is 23.7 Å². The average Bonchev–Trinajstić information content (AvgIpc) is 2.62. The van der Waals surface area contributed by atoms with Crippen LogP contribution in [-0.4, -0.2) is 19.6 Å². The van der Waals surface area contributed by atoms with Crippen molar-refractivity contribution in [3.05, 3.63) is 63.5 Å². The Morgan fingerprint density at radius 2 is 1.92 bits per heavy atom. The summed E-state index contributed by atoms with van der Waals surface area (Å²) in [4.78, 5) is 25.5. The van der Waals surface area contributed by atoms with Gasteiger partial charge >= 0.3 is 0 Å². The molecule has 0 radical (unpaired) electrons. The molecule has 0 saturated carbocycles. The van der Waals surface area contributed by atoms with Crippen molar-refractivity contribution >= 4 is 28.5 Å². The van der Waals surface area contributed by atoms with Crippen LogP contribution in [0.4, 0.5) is 0 Å². The lowest BCUT2D eigenvalue weighted by atomic mass is 10.0. The summed E-state index contributed by atoms with van der Waals surface area (Å²) in [6.07, 6.45) is 0. The van der Waals surface area contributed by atoms with E-state index >= 15 is 0 Å². The summed E-state index contributed by atoms with van der Waals surface area (Å²) in [7, 11) is 1.52. The fourth-order valence-electron chi connectivity index (χ4n) is 2.58. The van der Waals surface area contributed by atoms with Crippen LogP contribution >= 0.6 is 11.6 Å². The van der Waals surface area contributed by atoms with Gasteiger partial charge in [-0.2, -0.15) is 0 Å². The minimum atomic E-state index is -0.450. The Bertz CT molecular complexity index is 993. The zero-order valence-electron chi connectivity index (χ0n) is 13.8. The Morgan fingerprint density at radius 3 is 2.56 bits per heavy atom. The van der Waals surface area contributed by atoms with Gasteiger partial charge in [0, 0.05) is 17.6 Å². The third-order valence-electron chi connectivity index (χ3n) is 3.78. The number of carbonyl (C=O) groups is 1. The molecule has 1 heterocycles. The third kappa shape index (κ3) is 3.23. The van der Waals surface area contributed by atoms with Gasteiger partial charge in [0.1, 0.15) is 11.3 Å². The smallest absolute Gasteiger partial charge is 0.287 e. The fraction of sp³-hybridized carbons (Fsp3) is 0.158. The lowest BCUT2D eigenvalue weighted by molar-refractivity contribution is 0.0930. The lowest BCUT2D eigenvalue weighted by Crippen LogP contribution is -2.25. The van der Waals surface area contributed by atoms with E-state index in [9.17, 15) is 9.59 Å². The Morgan fingerprint density at radius 1 is 1.20 bits per heavy atom. The molecule has 5 nitrogen and oxygen atoms in total. The molecule has 0 fully saturated rings. The summed E-state index contributed by atoms with van der Waals surface area (Å²) in [5.74, 6) is 0.0564. The molecule has 0 aliphatic rings. The molecule has 1 aromatic heterocycles. The van der Waals surface area contributed by atoms with Crippen LogP contribution in [0.2, 0.25) is 5.02 Å². The number of carbonyl (C=O) groups excluding carboxylic acids is 1. The van der Waals surface area contributed by atoms with Gasteiger partial charge in [0.2, 0.25) is 11.2 Å². The van der Waals surface area contributed by atoms with E-state index in [4.69, 9.17) is 20.8 Å². The largest absolute Gasteiger partial charge is 0.497 e. The maximum Gasteiger partial charge on any atom is 0.287 e. The average molecular weight is 358 g/mol. The Kier molecular flexibility index (Phi) is 4.76. The molecule has 0 saturated heterocycles. The van der Waals surface area contributed by atoms with Gasteiger partial charge in [0.05, 0.1) is 18.1 Å². The van der Waals surface area contributed by atoms with Crippen LogP contribution < -0.4 is 15.5 Å². The van der Waals surface area contributed by atoms with Crippen LogP contribution in [0.1, 0.15) is 17.5 Å². The van der Waals surface area contributed by atoms with Gasteiger partial charge in [-0.25, -0.2) is 0 Å².